The molecule has 3 nitrogen and oxygen atoms in total. The number of hydrogen-bond acceptors (Lipinski definition) is 2. The molecule has 14 heavy (non-hydrogen) atoms. The maximum Gasteiger partial charge on any atom is 0.333 e. The first-order valence-corrected chi connectivity index (χ1v) is 5.22. The van der Waals surface area contributed by atoms with E-state index in [4.69, 9.17) is 9.84 Å². The van der Waals surface area contributed by atoms with Crippen LogP contribution in [0.15, 0.2) is 24.3 Å². The van der Waals surface area contributed by atoms with Gasteiger partial charge in [0.1, 0.15) is 0 Å². The van der Waals surface area contributed by atoms with Crippen molar-refractivity contribution < 1.29 is 14.6 Å². The van der Waals surface area contributed by atoms with Crippen LogP contribution in [0.5, 0.6) is 0 Å². The number of rotatable bonds is 4. The minimum atomic E-state index is -0.924. The molecular weight excluding hydrogens is 295 g/mol. The zero-order valence-electron chi connectivity index (χ0n) is 7.74. The van der Waals surface area contributed by atoms with Crippen molar-refractivity contribution in [3.8, 4) is 0 Å². The van der Waals surface area contributed by atoms with E-state index in [-0.39, 0.29) is 0 Å². The van der Waals surface area contributed by atoms with Crippen LogP contribution in [0, 0.1) is 3.57 Å². The fraction of sp³-hybridized carbons (Fsp3) is 0.300. The van der Waals surface area contributed by atoms with Crippen molar-refractivity contribution in [2.45, 2.75) is 12.5 Å². The van der Waals surface area contributed by atoms with E-state index in [0.29, 0.717) is 6.42 Å². The number of benzene rings is 1. The van der Waals surface area contributed by atoms with Gasteiger partial charge in [0, 0.05) is 17.1 Å². The molecule has 0 bridgehead atoms. The van der Waals surface area contributed by atoms with Crippen molar-refractivity contribution in [1.29, 1.82) is 0 Å². The van der Waals surface area contributed by atoms with Crippen molar-refractivity contribution in [2.75, 3.05) is 7.11 Å². The summed E-state index contributed by atoms with van der Waals surface area (Å²) >= 11 is 2.18. The number of methoxy groups -OCH3 is 1. The third kappa shape index (κ3) is 2.95. The summed E-state index contributed by atoms with van der Waals surface area (Å²) in [6.45, 7) is 0. The molecule has 0 fully saturated rings. The van der Waals surface area contributed by atoms with Gasteiger partial charge in [0.25, 0.3) is 0 Å². The topological polar surface area (TPSA) is 46.5 Å². The van der Waals surface area contributed by atoms with Gasteiger partial charge in [-0.3, -0.25) is 0 Å². The van der Waals surface area contributed by atoms with Gasteiger partial charge in [-0.1, -0.05) is 18.2 Å². The first kappa shape index (κ1) is 11.5. The lowest BCUT2D eigenvalue weighted by atomic mass is 10.1. The summed E-state index contributed by atoms with van der Waals surface area (Å²) < 4.78 is 5.93. The molecule has 1 unspecified atom stereocenters. The van der Waals surface area contributed by atoms with Gasteiger partial charge in [0.2, 0.25) is 0 Å². The number of carbonyl (C=O) groups is 1. The average Bonchev–Trinajstić information content (AvgIpc) is 2.16. The van der Waals surface area contributed by atoms with Crippen LogP contribution in [-0.2, 0) is 16.0 Å². The standard InChI is InChI=1S/C10H11IO3/c1-14-9(10(12)13)6-7-4-2-3-5-8(7)11/h2-5,9H,6H2,1H3,(H,12,13). The fourth-order valence-corrected chi connectivity index (χ4v) is 1.74. The molecule has 1 aromatic carbocycles. The molecule has 0 spiro atoms. The highest BCUT2D eigenvalue weighted by atomic mass is 127. The average molecular weight is 306 g/mol. The zero-order chi connectivity index (χ0) is 10.6. The molecule has 4 heteroatoms. The SMILES string of the molecule is COC(Cc1ccccc1I)C(=O)O. The largest absolute Gasteiger partial charge is 0.479 e. The maximum absolute atomic E-state index is 10.7. The van der Waals surface area contributed by atoms with Crippen molar-refractivity contribution >= 4 is 28.6 Å². The van der Waals surface area contributed by atoms with Gasteiger partial charge in [-0.25, -0.2) is 4.79 Å². The van der Waals surface area contributed by atoms with Gasteiger partial charge in [0.15, 0.2) is 6.10 Å². The molecular formula is C10H11IO3. The Balaban J connectivity index is 2.77. The quantitative estimate of drug-likeness (QED) is 0.865. The second-order valence-electron chi connectivity index (χ2n) is 2.86. The molecule has 1 atom stereocenters. The van der Waals surface area contributed by atoms with Gasteiger partial charge < -0.3 is 9.84 Å². The van der Waals surface area contributed by atoms with Gasteiger partial charge >= 0.3 is 5.97 Å². The smallest absolute Gasteiger partial charge is 0.333 e. The van der Waals surface area contributed by atoms with Crippen LogP contribution in [-0.4, -0.2) is 24.3 Å². The van der Waals surface area contributed by atoms with E-state index in [2.05, 4.69) is 22.6 Å². The number of ether oxygens (including phenoxy) is 1. The Morgan fingerprint density at radius 1 is 1.57 bits per heavy atom. The summed E-state index contributed by atoms with van der Waals surface area (Å²) in [5, 5.41) is 8.80. The van der Waals surface area contributed by atoms with Crippen LogP contribution in [0.1, 0.15) is 5.56 Å². The summed E-state index contributed by atoms with van der Waals surface area (Å²) in [6, 6.07) is 7.68. The second kappa shape index (κ2) is 5.31. The summed E-state index contributed by atoms with van der Waals surface area (Å²) in [7, 11) is 1.41. The van der Waals surface area contributed by atoms with Crippen LogP contribution in [0.3, 0.4) is 0 Å². The normalized spacial score (nSPS) is 12.4. The highest BCUT2D eigenvalue weighted by Crippen LogP contribution is 2.14. The summed E-state index contributed by atoms with van der Waals surface area (Å²) in [6.07, 6.45) is -0.351. The molecule has 1 rings (SSSR count). The molecule has 1 N–H and O–H groups in total. The molecule has 0 saturated heterocycles. The highest BCUT2D eigenvalue weighted by molar-refractivity contribution is 14.1. The van der Waals surface area contributed by atoms with Gasteiger partial charge in [-0.15, -0.1) is 0 Å². The van der Waals surface area contributed by atoms with E-state index in [0.717, 1.165) is 9.13 Å². The van der Waals surface area contributed by atoms with Gasteiger partial charge in [-0.2, -0.15) is 0 Å². The van der Waals surface area contributed by atoms with E-state index in [1.54, 1.807) is 0 Å². The summed E-state index contributed by atoms with van der Waals surface area (Å²) in [5.41, 5.74) is 1.00. The summed E-state index contributed by atoms with van der Waals surface area (Å²) in [4.78, 5) is 10.7. The van der Waals surface area contributed by atoms with Crippen molar-refractivity contribution in [2.24, 2.45) is 0 Å². The maximum atomic E-state index is 10.7. The molecule has 0 heterocycles. The number of aliphatic carboxylic acids is 1. The van der Waals surface area contributed by atoms with Gasteiger partial charge in [0.05, 0.1) is 0 Å². The molecule has 0 aliphatic rings. The fourth-order valence-electron chi connectivity index (χ4n) is 1.14. The Bertz CT molecular complexity index is 325. The van der Waals surface area contributed by atoms with E-state index < -0.39 is 12.1 Å². The minimum absolute atomic E-state index is 0.408. The van der Waals surface area contributed by atoms with Crippen LogP contribution in [0.4, 0.5) is 0 Å². The van der Waals surface area contributed by atoms with E-state index in [1.165, 1.54) is 7.11 Å². The molecule has 0 saturated carbocycles. The monoisotopic (exact) mass is 306 g/mol. The van der Waals surface area contributed by atoms with Crippen LogP contribution in [0.2, 0.25) is 0 Å². The molecule has 1 aromatic rings. The lowest BCUT2D eigenvalue weighted by Crippen LogP contribution is -2.25. The Morgan fingerprint density at radius 3 is 2.71 bits per heavy atom. The number of halogens is 1. The minimum Gasteiger partial charge on any atom is -0.479 e. The molecule has 0 radical (unpaired) electrons. The predicted octanol–water partition coefficient (Wildman–Crippen LogP) is 1.93. The lowest BCUT2D eigenvalue weighted by Gasteiger charge is -2.11. The number of carboxylic acids is 1. The van der Waals surface area contributed by atoms with Crippen molar-refractivity contribution in [3.05, 3.63) is 33.4 Å². The van der Waals surface area contributed by atoms with Crippen LogP contribution in [0.25, 0.3) is 0 Å². The highest BCUT2D eigenvalue weighted by Gasteiger charge is 2.17. The second-order valence-corrected chi connectivity index (χ2v) is 4.02. The van der Waals surface area contributed by atoms with Crippen LogP contribution < -0.4 is 0 Å². The molecule has 76 valence electrons. The number of hydrogen-bond donors (Lipinski definition) is 1. The summed E-state index contributed by atoms with van der Waals surface area (Å²) in [5.74, 6) is -0.924. The molecule has 0 aromatic heterocycles. The van der Waals surface area contributed by atoms with Gasteiger partial charge in [-0.05, 0) is 34.2 Å². The predicted molar refractivity (Wildman–Crippen MR) is 61.3 cm³/mol. The Hall–Kier alpha value is -0.620. The van der Waals surface area contributed by atoms with E-state index >= 15 is 0 Å². The van der Waals surface area contributed by atoms with Crippen LogP contribution >= 0.6 is 22.6 Å². The van der Waals surface area contributed by atoms with Crippen molar-refractivity contribution in [3.63, 3.8) is 0 Å². The van der Waals surface area contributed by atoms with E-state index in [9.17, 15) is 4.79 Å². The third-order valence-corrected chi connectivity index (χ3v) is 2.98. The Kier molecular flexibility index (Phi) is 4.34. The molecule has 0 aliphatic carbocycles. The lowest BCUT2D eigenvalue weighted by molar-refractivity contribution is -0.148. The third-order valence-electron chi connectivity index (χ3n) is 1.92. The molecule has 0 aliphatic heterocycles. The Labute approximate surface area is 96.2 Å². The van der Waals surface area contributed by atoms with Crippen molar-refractivity contribution in [1.82, 2.24) is 0 Å². The van der Waals surface area contributed by atoms with E-state index in [1.807, 2.05) is 24.3 Å². The number of carboxylic acid groups (broad SMARTS) is 1. The molecule has 0 amide bonds. The Morgan fingerprint density at radius 2 is 2.21 bits per heavy atom. The first-order valence-electron chi connectivity index (χ1n) is 4.14. The first-order chi connectivity index (χ1) is 6.65. The zero-order valence-corrected chi connectivity index (χ0v) is 9.89.